The largest absolute Gasteiger partial charge is 0.497 e. The lowest BCUT2D eigenvalue weighted by molar-refractivity contribution is -0.139. The van der Waals surface area contributed by atoms with Gasteiger partial charge in [-0.05, 0) is 49.9 Å². The van der Waals surface area contributed by atoms with Gasteiger partial charge < -0.3 is 14.7 Å². The number of carbonyl (C=O) groups is 1. The van der Waals surface area contributed by atoms with E-state index in [0.29, 0.717) is 19.4 Å². The summed E-state index contributed by atoms with van der Waals surface area (Å²) >= 11 is 0. The van der Waals surface area contributed by atoms with Crippen molar-refractivity contribution < 1.29 is 14.6 Å². The Morgan fingerprint density at radius 1 is 1.28 bits per heavy atom. The second kappa shape index (κ2) is 8.19. The van der Waals surface area contributed by atoms with Gasteiger partial charge in [-0.15, -0.1) is 0 Å². The molecular weight excluding hydrogens is 316 g/mol. The van der Waals surface area contributed by atoms with E-state index in [1.165, 1.54) is 18.4 Å². The summed E-state index contributed by atoms with van der Waals surface area (Å²) in [5, 5.41) is 9.08. The van der Waals surface area contributed by atoms with Crippen LogP contribution in [0.1, 0.15) is 37.7 Å². The molecule has 1 atom stereocenters. The van der Waals surface area contributed by atoms with Crippen LogP contribution in [0.15, 0.2) is 24.3 Å². The molecule has 3 rings (SSSR count). The van der Waals surface area contributed by atoms with Crippen LogP contribution in [0.25, 0.3) is 0 Å². The van der Waals surface area contributed by atoms with Gasteiger partial charge in [-0.1, -0.05) is 12.1 Å². The lowest BCUT2D eigenvalue weighted by Crippen LogP contribution is -2.54. The van der Waals surface area contributed by atoms with Gasteiger partial charge >= 0.3 is 0 Å². The van der Waals surface area contributed by atoms with Crippen LogP contribution in [0, 0.1) is 5.41 Å². The first kappa shape index (κ1) is 18.2. The Morgan fingerprint density at radius 3 is 2.96 bits per heavy atom. The van der Waals surface area contributed by atoms with E-state index in [9.17, 15) is 4.79 Å². The zero-order chi connectivity index (χ0) is 17.7. The van der Waals surface area contributed by atoms with E-state index >= 15 is 0 Å². The Balaban J connectivity index is 1.64. The highest BCUT2D eigenvalue weighted by Gasteiger charge is 2.41. The lowest BCUT2D eigenvalue weighted by atomic mass is 9.73. The topological polar surface area (TPSA) is 53.0 Å². The Morgan fingerprint density at radius 2 is 2.16 bits per heavy atom. The molecule has 1 spiro atoms. The van der Waals surface area contributed by atoms with E-state index < -0.39 is 0 Å². The summed E-state index contributed by atoms with van der Waals surface area (Å²) in [5.41, 5.74) is 1.50. The molecule has 2 fully saturated rings. The van der Waals surface area contributed by atoms with Gasteiger partial charge in [0.2, 0.25) is 5.91 Å². The smallest absolute Gasteiger partial charge is 0.222 e. The first-order valence-corrected chi connectivity index (χ1v) is 9.38. The molecule has 1 aromatic rings. The zero-order valence-corrected chi connectivity index (χ0v) is 15.2. The van der Waals surface area contributed by atoms with Gasteiger partial charge in [0, 0.05) is 44.6 Å². The van der Waals surface area contributed by atoms with Crippen LogP contribution in [0.5, 0.6) is 5.75 Å². The molecule has 2 aliphatic heterocycles. The second-order valence-electron chi connectivity index (χ2n) is 7.56. The number of hydrogen-bond acceptors (Lipinski definition) is 4. The summed E-state index contributed by atoms with van der Waals surface area (Å²) < 4.78 is 5.33. The van der Waals surface area contributed by atoms with Crippen molar-refractivity contribution in [3.05, 3.63) is 29.8 Å². The molecule has 2 saturated heterocycles. The minimum Gasteiger partial charge on any atom is -0.497 e. The standard InChI is InChI=1S/C20H30N2O3/c1-25-18-6-2-5-17(13-18)14-21-10-3-8-20(15-21)9-7-19(24)22(16-20)11-4-12-23/h2,5-6,13,23H,3-4,7-12,14-16H2,1H3/t20-/m1/s1. The van der Waals surface area contributed by atoms with Crippen LogP contribution in [-0.2, 0) is 11.3 Å². The number of benzene rings is 1. The Bertz CT molecular complexity index is 592. The number of methoxy groups -OCH3 is 1. The number of hydrogen-bond donors (Lipinski definition) is 1. The summed E-state index contributed by atoms with van der Waals surface area (Å²) in [5.74, 6) is 1.16. The SMILES string of the molecule is COc1cccc(CN2CCC[C@@]3(CCC(=O)N(CCCO)C3)C2)c1. The van der Waals surface area contributed by atoms with Gasteiger partial charge in [0.05, 0.1) is 7.11 Å². The summed E-state index contributed by atoms with van der Waals surface area (Å²) in [6.07, 6.45) is 4.71. The van der Waals surface area contributed by atoms with Crippen LogP contribution in [-0.4, -0.2) is 60.7 Å². The van der Waals surface area contributed by atoms with Crippen molar-refractivity contribution in [3.8, 4) is 5.75 Å². The number of likely N-dealkylation sites (tertiary alicyclic amines) is 2. The molecule has 0 bridgehead atoms. The van der Waals surface area contributed by atoms with Crippen LogP contribution < -0.4 is 4.74 Å². The van der Waals surface area contributed by atoms with E-state index in [0.717, 1.165) is 38.3 Å². The van der Waals surface area contributed by atoms with Crippen molar-refractivity contribution in [1.82, 2.24) is 9.80 Å². The number of aliphatic hydroxyl groups is 1. The molecule has 0 radical (unpaired) electrons. The van der Waals surface area contributed by atoms with Crippen molar-refractivity contribution in [2.75, 3.05) is 39.9 Å². The third-order valence-electron chi connectivity index (χ3n) is 5.62. The molecule has 2 aliphatic rings. The predicted octanol–water partition coefficient (Wildman–Crippen LogP) is 2.28. The molecule has 25 heavy (non-hydrogen) atoms. The molecule has 1 N–H and O–H groups in total. The van der Waals surface area contributed by atoms with E-state index in [1.807, 2.05) is 17.0 Å². The van der Waals surface area contributed by atoms with Crippen LogP contribution in [0.2, 0.25) is 0 Å². The minimum absolute atomic E-state index is 0.152. The highest BCUT2D eigenvalue weighted by molar-refractivity contribution is 5.77. The second-order valence-corrected chi connectivity index (χ2v) is 7.56. The molecule has 5 heteroatoms. The molecule has 0 aromatic heterocycles. The average Bonchev–Trinajstić information content (AvgIpc) is 2.63. The molecule has 1 aromatic carbocycles. The van der Waals surface area contributed by atoms with Crippen LogP contribution in [0.3, 0.4) is 0 Å². The van der Waals surface area contributed by atoms with Crippen molar-refractivity contribution in [2.45, 2.75) is 38.6 Å². The van der Waals surface area contributed by atoms with Crippen molar-refractivity contribution in [3.63, 3.8) is 0 Å². The summed E-state index contributed by atoms with van der Waals surface area (Å²) in [7, 11) is 1.70. The van der Waals surface area contributed by atoms with Gasteiger partial charge in [-0.2, -0.15) is 0 Å². The lowest BCUT2D eigenvalue weighted by Gasteiger charge is -2.48. The highest BCUT2D eigenvalue weighted by atomic mass is 16.5. The number of rotatable bonds is 6. The van der Waals surface area contributed by atoms with Crippen LogP contribution in [0.4, 0.5) is 0 Å². The Kier molecular flexibility index (Phi) is 5.97. The average molecular weight is 346 g/mol. The van der Waals surface area contributed by atoms with Gasteiger partial charge in [-0.3, -0.25) is 9.69 Å². The molecule has 0 saturated carbocycles. The molecule has 5 nitrogen and oxygen atoms in total. The normalized spacial score (nSPS) is 24.7. The van der Waals surface area contributed by atoms with E-state index in [1.54, 1.807) is 7.11 Å². The van der Waals surface area contributed by atoms with Gasteiger partial charge in [-0.25, -0.2) is 0 Å². The van der Waals surface area contributed by atoms with E-state index in [4.69, 9.17) is 9.84 Å². The third kappa shape index (κ3) is 4.53. The van der Waals surface area contributed by atoms with Crippen molar-refractivity contribution >= 4 is 5.91 Å². The summed E-state index contributed by atoms with van der Waals surface area (Å²) in [6.45, 7) is 4.78. The number of piperidine rings is 2. The van der Waals surface area contributed by atoms with E-state index in [2.05, 4.69) is 17.0 Å². The van der Waals surface area contributed by atoms with Crippen molar-refractivity contribution in [2.24, 2.45) is 5.41 Å². The molecule has 138 valence electrons. The number of amides is 1. The van der Waals surface area contributed by atoms with Gasteiger partial charge in [0.1, 0.15) is 5.75 Å². The fourth-order valence-electron chi connectivity index (χ4n) is 4.37. The predicted molar refractivity (Wildman–Crippen MR) is 97.5 cm³/mol. The molecular formula is C20H30N2O3. The number of nitrogens with zero attached hydrogens (tertiary/aromatic N) is 2. The number of aliphatic hydroxyl groups excluding tert-OH is 1. The molecule has 2 heterocycles. The third-order valence-corrected chi connectivity index (χ3v) is 5.62. The fraction of sp³-hybridized carbons (Fsp3) is 0.650. The Labute approximate surface area is 150 Å². The molecule has 0 aliphatic carbocycles. The first-order valence-electron chi connectivity index (χ1n) is 9.38. The Hall–Kier alpha value is -1.59. The zero-order valence-electron chi connectivity index (χ0n) is 15.2. The fourth-order valence-corrected chi connectivity index (χ4v) is 4.37. The summed E-state index contributed by atoms with van der Waals surface area (Å²) in [4.78, 5) is 16.7. The van der Waals surface area contributed by atoms with Gasteiger partial charge in [0.15, 0.2) is 0 Å². The van der Waals surface area contributed by atoms with E-state index in [-0.39, 0.29) is 17.9 Å². The monoisotopic (exact) mass is 346 g/mol. The quantitative estimate of drug-likeness (QED) is 0.859. The van der Waals surface area contributed by atoms with Gasteiger partial charge in [0.25, 0.3) is 0 Å². The maximum atomic E-state index is 12.2. The van der Waals surface area contributed by atoms with Crippen LogP contribution >= 0.6 is 0 Å². The summed E-state index contributed by atoms with van der Waals surface area (Å²) in [6, 6.07) is 8.29. The van der Waals surface area contributed by atoms with Crippen molar-refractivity contribution in [1.29, 1.82) is 0 Å². The first-order chi connectivity index (χ1) is 12.1. The number of ether oxygens (including phenoxy) is 1. The molecule has 1 amide bonds. The maximum absolute atomic E-state index is 12.2. The molecule has 0 unspecified atom stereocenters. The highest BCUT2D eigenvalue weighted by Crippen LogP contribution is 2.39. The maximum Gasteiger partial charge on any atom is 0.222 e. The number of carbonyl (C=O) groups excluding carboxylic acids is 1. The minimum atomic E-state index is 0.152.